The molecule has 0 aromatic heterocycles. The van der Waals surface area contributed by atoms with Crippen LogP contribution in [0.25, 0.3) is 0 Å². The summed E-state index contributed by atoms with van der Waals surface area (Å²) in [6.07, 6.45) is 2.34. The Morgan fingerprint density at radius 1 is 1.40 bits per heavy atom. The number of hydrogen-bond donors (Lipinski definition) is 1. The van der Waals surface area contributed by atoms with Gasteiger partial charge in [-0.2, -0.15) is 0 Å². The van der Waals surface area contributed by atoms with Crippen LogP contribution in [-0.4, -0.2) is 41.4 Å². The zero-order valence-electron chi connectivity index (χ0n) is 9.74. The van der Waals surface area contributed by atoms with Gasteiger partial charge in [-0.25, -0.2) is 0 Å². The monoisotopic (exact) mass is 230 g/mol. The molecule has 15 heavy (non-hydrogen) atoms. The number of carbonyl (C=O) groups is 1. The van der Waals surface area contributed by atoms with E-state index >= 15 is 0 Å². The topological polar surface area (TPSA) is 46.3 Å². The lowest BCUT2D eigenvalue weighted by Crippen LogP contribution is -2.34. The summed E-state index contributed by atoms with van der Waals surface area (Å²) in [5.41, 5.74) is 5.55. The third kappa shape index (κ3) is 4.03. The van der Waals surface area contributed by atoms with Crippen LogP contribution in [0.15, 0.2) is 0 Å². The summed E-state index contributed by atoms with van der Waals surface area (Å²) in [6, 6.07) is 0. The number of thioether (sulfide) groups is 1. The summed E-state index contributed by atoms with van der Waals surface area (Å²) in [6.45, 7) is 6.75. The van der Waals surface area contributed by atoms with Crippen LogP contribution in [0.2, 0.25) is 0 Å². The van der Waals surface area contributed by atoms with Gasteiger partial charge >= 0.3 is 0 Å². The second-order valence-corrected chi connectivity index (χ2v) is 5.72. The lowest BCUT2D eigenvalue weighted by molar-refractivity contribution is -0.129. The first kappa shape index (κ1) is 12.8. The molecule has 1 fully saturated rings. The molecule has 2 unspecified atom stereocenters. The van der Waals surface area contributed by atoms with Gasteiger partial charge in [0, 0.05) is 13.1 Å². The Morgan fingerprint density at radius 2 is 2.00 bits per heavy atom. The highest BCUT2D eigenvalue weighted by atomic mass is 32.2. The highest BCUT2D eigenvalue weighted by molar-refractivity contribution is 8.00. The first-order valence-corrected chi connectivity index (χ1v) is 6.80. The molecule has 2 N–H and O–H groups in total. The van der Waals surface area contributed by atoms with Gasteiger partial charge in [-0.1, -0.05) is 6.92 Å². The van der Waals surface area contributed by atoms with E-state index in [0.29, 0.717) is 18.4 Å². The van der Waals surface area contributed by atoms with Crippen molar-refractivity contribution in [3.05, 3.63) is 0 Å². The first-order chi connectivity index (χ1) is 7.15. The van der Waals surface area contributed by atoms with Crippen LogP contribution in [0.3, 0.4) is 0 Å². The number of hydrogen-bond acceptors (Lipinski definition) is 3. The van der Waals surface area contributed by atoms with Gasteiger partial charge in [-0.15, -0.1) is 11.8 Å². The minimum absolute atomic E-state index is 0.0945. The van der Waals surface area contributed by atoms with Gasteiger partial charge < -0.3 is 10.6 Å². The molecule has 1 rings (SSSR count). The molecule has 4 heteroatoms. The van der Waals surface area contributed by atoms with E-state index in [9.17, 15) is 4.79 Å². The largest absolute Gasteiger partial charge is 0.342 e. The molecule has 0 radical (unpaired) electrons. The number of amides is 1. The zero-order valence-corrected chi connectivity index (χ0v) is 10.6. The molecule has 1 saturated heterocycles. The van der Waals surface area contributed by atoms with Gasteiger partial charge in [0.25, 0.3) is 0 Å². The van der Waals surface area contributed by atoms with Crippen molar-refractivity contribution in [1.82, 2.24) is 4.90 Å². The molecule has 1 heterocycles. The maximum absolute atomic E-state index is 11.9. The van der Waals surface area contributed by atoms with Crippen LogP contribution in [0, 0.1) is 5.92 Å². The smallest absolute Gasteiger partial charge is 0.235 e. The fraction of sp³-hybridized carbons (Fsp3) is 0.909. The van der Waals surface area contributed by atoms with Crippen LogP contribution in [-0.2, 0) is 4.79 Å². The predicted octanol–water partition coefficient (Wildman–Crippen LogP) is 1.33. The van der Waals surface area contributed by atoms with Gasteiger partial charge in [-0.3, -0.25) is 4.79 Å². The Labute approximate surface area is 96.8 Å². The van der Waals surface area contributed by atoms with Crippen LogP contribution >= 0.6 is 11.8 Å². The molecule has 88 valence electrons. The summed E-state index contributed by atoms with van der Waals surface area (Å²) in [5, 5.41) is 0.0945. The molecule has 0 aromatic rings. The summed E-state index contributed by atoms with van der Waals surface area (Å²) in [5.74, 6) is 1.79. The third-order valence-electron chi connectivity index (χ3n) is 2.80. The van der Waals surface area contributed by atoms with Crippen LogP contribution in [0.4, 0.5) is 0 Å². The maximum atomic E-state index is 11.9. The second-order valence-electron chi connectivity index (χ2n) is 4.35. The lowest BCUT2D eigenvalue weighted by atomic mass is 10.2. The van der Waals surface area contributed by atoms with E-state index in [0.717, 1.165) is 18.8 Å². The number of carbonyl (C=O) groups excluding carboxylic acids is 1. The molecular formula is C11H22N2OS. The Hall–Kier alpha value is -0.220. The van der Waals surface area contributed by atoms with E-state index in [1.54, 1.807) is 11.8 Å². The van der Waals surface area contributed by atoms with Crippen molar-refractivity contribution in [3.63, 3.8) is 0 Å². The average molecular weight is 230 g/mol. The molecule has 0 aliphatic carbocycles. The zero-order chi connectivity index (χ0) is 11.3. The van der Waals surface area contributed by atoms with Crippen molar-refractivity contribution in [3.8, 4) is 0 Å². The van der Waals surface area contributed by atoms with Crippen molar-refractivity contribution in [1.29, 1.82) is 0 Å². The Balaban J connectivity index is 2.26. The summed E-state index contributed by atoms with van der Waals surface area (Å²) >= 11 is 1.73. The van der Waals surface area contributed by atoms with Crippen molar-refractivity contribution in [2.75, 3.05) is 25.4 Å². The Morgan fingerprint density at radius 3 is 2.53 bits per heavy atom. The summed E-state index contributed by atoms with van der Waals surface area (Å²) in [7, 11) is 0. The van der Waals surface area contributed by atoms with Gasteiger partial charge in [-0.05, 0) is 38.0 Å². The van der Waals surface area contributed by atoms with Gasteiger partial charge in [0.15, 0.2) is 0 Å². The number of nitrogens with two attached hydrogens (primary N) is 1. The minimum atomic E-state index is 0.0945. The molecule has 0 bridgehead atoms. The molecule has 1 aliphatic heterocycles. The van der Waals surface area contributed by atoms with Crippen LogP contribution in [0.1, 0.15) is 26.7 Å². The first-order valence-electron chi connectivity index (χ1n) is 5.75. The summed E-state index contributed by atoms with van der Waals surface area (Å²) in [4.78, 5) is 13.9. The van der Waals surface area contributed by atoms with Crippen molar-refractivity contribution < 1.29 is 4.79 Å². The molecule has 0 aromatic carbocycles. The molecule has 0 spiro atoms. The maximum Gasteiger partial charge on any atom is 0.235 e. The van der Waals surface area contributed by atoms with E-state index in [-0.39, 0.29) is 5.25 Å². The van der Waals surface area contributed by atoms with E-state index in [2.05, 4.69) is 6.92 Å². The van der Waals surface area contributed by atoms with Gasteiger partial charge in [0.1, 0.15) is 0 Å². The van der Waals surface area contributed by atoms with Crippen LogP contribution in [0.5, 0.6) is 0 Å². The van der Waals surface area contributed by atoms with Crippen LogP contribution < -0.4 is 5.73 Å². The fourth-order valence-electron chi connectivity index (χ4n) is 1.64. The number of likely N-dealkylation sites (tertiary alicyclic amines) is 1. The van der Waals surface area contributed by atoms with Gasteiger partial charge in [0.2, 0.25) is 5.91 Å². The molecule has 1 amide bonds. The molecule has 0 saturated carbocycles. The average Bonchev–Trinajstić information content (AvgIpc) is 2.77. The predicted molar refractivity (Wildman–Crippen MR) is 66.0 cm³/mol. The highest BCUT2D eigenvalue weighted by Crippen LogP contribution is 2.19. The minimum Gasteiger partial charge on any atom is -0.342 e. The van der Waals surface area contributed by atoms with E-state index in [4.69, 9.17) is 5.73 Å². The molecule has 2 atom stereocenters. The van der Waals surface area contributed by atoms with Gasteiger partial charge in [0.05, 0.1) is 5.25 Å². The normalized spacial score (nSPS) is 20.3. The Kier molecular flexibility index (Phi) is 5.47. The third-order valence-corrected chi connectivity index (χ3v) is 4.26. The SMILES string of the molecule is CC(CN)CSC(C)C(=O)N1CCCC1. The molecule has 3 nitrogen and oxygen atoms in total. The van der Waals surface area contributed by atoms with Crippen molar-refractivity contribution in [2.45, 2.75) is 31.9 Å². The van der Waals surface area contributed by atoms with Crippen molar-refractivity contribution >= 4 is 17.7 Å². The second kappa shape index (κ2) is 6.38. The summed E-state index contributed by atoms with van der Waals surface area (Å²) < 4.78 is 0. The van der Waals surface area contributed by atoms with E-state index in [1.807, 2.05) is 11.8 Å². The lowest BCUT2D eigenvalue weighted by Gasteiger charge is -2.20. The van der Waals surface area contributed by atoms with Crippen molar-refractivity contribution in [2.24, 2.45) is 11.7 Å². The number of rotatable bonds is 5. The van der Waals surface area contributed by atoms with E-state index < -0.39 is 0 Å². The molecule has 1 aliphatic rings. The highest BCUT2D eigenvalue weighted by Gasteiger charge is 2.23. The van der Waals surface area contributed by atoms with E-state index in [1.165, 1.54) is 12.8 Å². The number of nitrogens with zero attached hydrogens (tertiary/aromatic N) is 1. The quantitative estimate of drug-likeness (QED) is 0.775. The standard InChI is InChI=1S/C11H22N2OS/c1-9(7-12)8-15-10(2)11(14)13-5-3-4-6-13/h9-10H,3-8,12H2,1-2H3. The Bertz CT molecular complexity index is 205. The molecular weight excluding hydrogens is 208 g/mol. The fourth-order valence-corrected chi connectivity index (χ4v) is 2.69.